The van der Waals surface area contributed by atoms with Crippen LogP contribution in [0.5, 0.6) is 0 Å². The molecule has 1 atom stereocenters. The van der Waals surface area contributed by atoms with Crippen LogP contribution < -0.4 is 0 Å². The van der Waals surface area contributed by atoms with E-state index in [2.05, 4.69) is 20.8 Å². The minimum Gasteiger partial charge on any atom is -0.342 e. The molecule has 1 heterocycles. The number of likely N-dealkylation sites (tertiary alicyclic amines) is 1. The summed E-state index contributed by atoms with van der Waals surface area (Å²) in [6.07, 6.45) is 1.76. The van der Waals surface area contributed by atoms with Gasteiger partial charge in [0.2, 0.25) is 5.91 Å². The van der Waals surface area contributed by atoms with E-state index < -0.39 is 0 Å². The molecule has 2 nitrogen and oxygen atoms in total. The zero-order valence-electron chi connectivity index (χ0n) is 9.85. The maximum absolute atomic E-state index is 11.2. The standard InChI is InChI=1S/C9H17NO.C2H6/c1-9(2,3)7-5-6-8(11)10(7)4;1-2/h7H,5-6H2,1-4H3;1-2H3. The molecule has 0 aromatic carbocycles. The van der Waals surface area contributed by atoms with Gasteiger partial charge in [-0.15, -0.1) is 0 Å². The molecule has 1 saturated heterocycles. The molecular formula is C11H23NO. The van der Waals surface area contributed by atoms with Crippen LogP contribution in [0.4, 0.5) is 0 Å². The van der Waals surface area contributed by atoms with E-state index >= 15 is 0 Å². The first kappa shape index (κ1) is 12.5. The van der Waals surface area contributed by atoms with Crippen molar-refractivity contribution in [3.63, 3.8) is 0 Å². The molecule has 0 bridgehead atoms. The highest BCUT2D eigenvalue weighted by Crippen LogP contribution is 2.31. The molecule has 1 aliphatic rings. The summed E-state index contributed by atoms with van der Waals surface area (Å²) in [6.45, 7) is 10.6. The van der Waals surface area contributed by atoms with Gasteiger partial charge in [0.1, 0.15) is 0 Å². The van der Waals surface area contributed by atoms with E-state index in [1.54, 1.807) is 0 Å². The van der Waals surface area contributed by atoms with Crippen molar-refractivity contribution in [1.82, 2.24) is 4.90 Å². The predicted octanol–water partition coefficient (Wildman–Crippen LogP) is 2.68. The van der Waals surface area contributed by atoms with Crippen molar-refractivity contribution >= 4 is 5.91 Å². The van der Waals surface area contributed by atoms with Gasteiger partial charge in [-0.1, -0.05) is 34.6 Å². The first-order valence-corrected chi connectivity index (χ1v) is 5.18. The normalized spacial score (nSPS) is 22.8. The van der Waals surface area contributed by atoms with Gasteiger partial charge >= 0.3 is 0 Å². The summed E-state index contributed by atoms with van der Waals surface area (Å²) in [6, 6.07) is 0.440. The van der Waals surface area contributed by atoms with Crippen molar-refractivity contribution in [3.8, 4) is 0 Å². The maximum atomic E-state index is 11.2. The number of carbonyl (C=O) groups is 1. The van der Waals surface area contributed by atoms with Crippen LogP contribution in [0, 0.1) is 5.41 Å². The van der Waals surface area contributed by atoms with E-state index in [0.29, 0.717) is 11.9 Å². The van der Waals surface area contributed by atoms with Crippen LogP contribution in [0.2, 0.25) is 0 Å². The van der Waals surface area contributed by atoms with Gasteiger partial charge < -0.3 is 4.90 Å². The highest BCUT2D eigenvalue weighted by Gasteiger charge is 2.35. The van der Waals surface area contributed by atoms with Crippen molar-refractivity contribution in [2.75, 3.05) is 7.05 Å². The quantitative estimate of drug-likeness (QED) is 0.568. The number of hydrogen-bond acceptors (Lipinski definition) is 1. The van der Waals surface area contributed by atoms with Crippen LogP contribution in [0.3, 0.4) is 0 Å². The Hall–Kier alpha value is -0.530. The highest BCUT2D eigenvalue weighted by molar-refractivity contribution is 5.78. The van der Waals surface area contributed by atoms with Crippen molar-refractivity contribution in [2.45, 2.75) is 53.5 Å². The van der Waals surface area contributed by atoms with Gasteiger partial charge in [-0.3, -0.25) is 4.79 Å². The van der Waals surface area contributed by atoms with E-state index in [9.17, 15) is 4.79 Å². The smallest absolute Gasteiger partial charge is 0.222 e. The van der Waals surface area contributed by atoms with Gasteiger partial charge in [-0.25, -0.2) is 0 Å². The first-order valence-electron chi connectivity index (χ1n) is 5.18. The average molecular weight is 185 g/mol. The number of nitrogens with zero attached hydrogens (tertiary/aromatic N) is 1. The lowest BCUT2D eigenvalue weighted by Crippen LogP contribution is -2.38. The van der Waals surface area contributed by atoms with Gasteiger partial charge in [0.25, 0.3) is 0 Å². The Morgan fingerprint density at radius 3 is 1.92 bits per heavy atom. The van der Waals surface area contributed by atoms with Crippen LogP contribution in [0.15, 0.2) is 0 Å². The number of rotatable bonds is 0. The molecule has 1 fully saturated rings. The Morgan fingerprint density at radius 2 is 1.77 bits per heavy atom. The summed E-state index contributed by atoms with van der Waals surface area (Å²) in [5, 5.41) is 0. The van der Waals surface area contributed by atoms with Crippen LogP contribution in [0.25, 0.3) is 0 Å². The summed E-state index contributed by atoms with van der Waals surface area (Å²) < 4.78 is 0. The molecule has 13 heavy (non-hydrogen) atoms. The molecule has 1 unspecified atom stereocenters. The Labute approximate surface area is 82.3 Å². The third kappa shape index (κ3) is 3.02. The van der Waals surface area contributed by atoms with Gasteiger partial charge in [0, 0.05) is 19.5 Å². The Bertz CT molecular complexity index is 169. The molecule has 0 N–H and O–H groups in total. The lowest BCUT2D eigenvalue weighted by Gasteiger charge is -2.32. The largest absolute Gasteiger partial charge is 0.342 e. The second-order valence-electron chi connectivity index (χ2n) is 4.43. The number of amides is 1. The zero-order chi connectivity index (χ0) is 10.6. The van der Waals surface area contributed by atoms with Crippen molar-refractivity contribution < 1.29 is 4.79 Å². The topological polar surface area (TPSA) is 20.3 Å². The molecule has 1 aliphatic heterocycles. The van der Waals surface area contributed by atoms with Crippen LogP contribution in [-0.4, -0.2) is 23.9 Å². The Balaban J connectivity index is 0.000000671. The average Bonchev–Trinajstić information content (AvgIpc) is 2.36. The second-order valence-corrected chi connectivity index (χ2v) is 4.43. The minimum absolute atomic E-state index is 0.237. The summed E-state index contributed by atoms with van der Waals surface area (Å²) in [5.41, 5.74) is 0.237. The van der Waals surface area contributed by atoms with Crippen LogP contribution >= 0.6 is 0 Å². The molecule has 0 spiro atoms. The number of hydrogen-bond donors (Lipinski definition) is 0. The van der Waals surface area contributed by atoms with E-state index in [1.165, 1.54) is 0 Å². The zero-order valence-corrected chi connectivity index (χ0v) is 9.85. The van der Waals surface area contributed by atoms with Crippen molar-refractivity contribution in [1.29, 1.82) is 0 Å². The van der Waals surface area contributed by atoms with Crippen LogP contribution in [0.1, 0.15) is 47.5 Å². The summed E-state index contributed by atoms with van der Waals surface area (Å²) in [7, 11) is 1.91. The first-order chi connectivity index (χ1) is 5.93. The molecule has 0 saturated carbocycles. The molecule has 0 aliphatic carbocycles. The molecular weight excluding hydrogens is 162 g/mol. The third-order valence-corrected chi connectivity index (χ3v) is 2.49. The summed E-state index contributed by atoms with van der Waals surface area (Å²) in [4.78, 5) is 13.0. The predicted molar refractivity (Wildman–Crippen MR) is 56.6 cm³/mol. The monoisotopic (exact) mass is 185 g/mol. The van der Waals surface area contributed by atoms with Crippen molar-refractivity contribution in [2.24, 2.45) is 5.41 Å². The highest BCUT2D eigenvalue weighted by atomic mass is 16.2. The molecule has 0 aromatic rings. The van der Waals surface area contributed by atoms with Gasteiger partial charge in [0.15, 0.2) is 0 Å². The maximum Gasteiger partial charge on any atom is 0.222 e. The molecule has 1 amide bonds. The Kier molecular flexibility index (Phi) is 4.45. The van der Waals surface area contributed by atoms with E-state index in [0.717, 1.165) is 12.8 Å². The molecule has 2 heteroatoms. The van der Waals surface area contributed by atoms with Gasteiger partial charge in [0.05, 0.1) is 0 Å². The molecule has 0 radical (unpaired) electrons. The molecule has 0 aromatic heterocycles. The summed E-state index contributed by atoms with van der Waals surface area (Å²) >= 11 is 0. The molecule has 1 rings (SSSR count). The second kappa shape index (κ2) is 4.64. The van der Waals surface area contributed by atoms with Gasteiger partial charge in [-0.2, -0.15) is 0 Å². The number of carbonyl (C=O) groups excluding carboxylic acids is 1. The van der Waals surface area contributed by atoms with E-state index in [4.69, 9.17) is 0 Å². The molecule has 78 valence electrons. The fourth-order valence-corrected chi connectivity index (χ4v) is 1.82. The van der Waals surface area contributed by atoms with E-state index in [1.807, 2.05) is 25.8 Å². The SMILES string of the molecule is CC.CN1C(=O)CCC1C(C)(C)C. The van der Waals surface area contributed by atoms with E-state index in [-0.39, 0.29) is 5.41 Å². The summed E-state index contributed by atoms with van der Waals surface area (Å²) in [5.74, 6) is 0.296. The fraction of sp³-hybridized carbons (Fsp3) is 0.909. The van der Waals surface area contributed by atoms with Crippen LogP contribution in [-0.2, 0) is 4.79 Å². The third-order valence-electron chi connectivity index (χ3n) is 2.49. The van der Waals surface area contributed by atoms with Crippen molar-refractivity contribution in [3.05, 3.63) is 0 Å². The van der Waals surface area contributed by atoms with Gasteiger partial charge in [-0.05, 0) is 11.8 Å². The lowest BCUT2D eigenvalue weighted by atomic mass is 9.85. The Morgan fingerprint density at radius 1 is 1.31 bits per heavy atom. The lowest BCUT2D eigenvalue weighted by molar-refractivity contribution is -0.128. The minimum atomic E-state index is 0.237. The fourth-order valence-electron chi connectivity index (χ4n) is 1.82.